The number of likely N-dealkylation sites (N-methyl/N-ethyl adjacent to an activating group) is 1. The predicted octanol–water partition coefficient (Wildman–Crippen LogP) is 6.95. The van der Waals surface area contributed by atoms with Crippen LogP contribution in [0.15, 0.2) is 112 Å². The Balaban J connectivity index is 0.000000232. The fraction of sp³-hybridized carbons (Fsp3) is 0.192. The van der Waals surface area contributed by atoms with Gasteiger partial charge in [-0.2, -0.15) is 0 Å². The number of amides is 2. The molecule has 0 saturated carbocycles. The summed E-state index contributed by atoms with van der Waals surface area (Å²) < 4.78 is 51.5. The summed E-state index contributed by atoms with van der Waals surface area (Å²) in [7, 11) is 1.32. The standard InChI is InChI=1S/C28H21FN2O7.C22H19FN4O5.2CH4/c1-2-36-28(35)21-25(37-15-17-6-4-3-5-7-17)22-23-24(38-20(27(33)34)14-31(23)26(21)32)18(13-30-22)12-16-8-10-19(29)11-9-16;1-3-25-20(29)14-10-27-17-16(18(28)15(22(27)31)21(30)24-2)26-9-12(19(17)32-14)8-11-4-6-13(23)7-5-11;;/h3-11,13-14H,2,12,15H2,1H3,(H,33,34);4-7,9-10,28H,3,8H2,1-2H3,(H,24,30)(H,25,29);2*1H4. The number of halogens is 2. The molecule has 7 aromatic rings. The van der Waals surface area contributed by atoms with Crippen molar-refractivity contribution in [2.45, 2.75) is 48.1 Å². The molecule has 0 fully saturated rings. The lowest BCUT2D eigenvalue weighted by Crippen LogP contribution is -2.34. The highest BCUT2D eigenvalue weighted by atomic mass is 19.1. The summed E-state index contributed by atoms with van der Waals surface area (Å²) in [6.07, 6.45) is 5.49. The van der Waals surface area contributed by atoms with E-state index < -0.39 is 63.3 Å². The van der Waals surface area contributed by atoms with E-state index >= 15 is 0 Å². The Morgan fingerprint density at radius 3 is 1.74 bits per heavy atom. The van der Waals surface area contributed by atoms with Gasteiger partial charge in [0.05, 0.1) is 19.0 Å². The summed E-state index contributed by atoms with van der Waals surface area (Å²) in [4.78, 5) is 85.0. The van der Waals surface area contributed by atoms with Crippen LogP contribution >= 0.6 is 0 Å². The number of aliphatic carboxylic acids is 1. The van der Waals surface area contributed by atoms with Gasteiger partial charge < -0.3 is 39.8 Å². The van der Waals surface area contributed by atoms with Crippen molar-refractivity contribution in [1.29, 1.82) is 0 Å². The zero-order valence-corrected chi connectivity index (χ0v) is 37.4. The number of carbonyl (C=O) groups is 4. The van der Waals surface area contributed by atoms with Crippen LogP contribution in [-0.2, 0) is 33.8 Å². The number of ether oxygens (including phenoxy) is 4. The maximum atomic E-state index is 13.6. The van der Waals surface area contributed by atoms with Crippen molar-refractivity contribution in [3.05, 3.63) is 174 Å². The van der Waals surface area contributed by atoms with Gasteiger partial charge in [0, 0.05) is 50.0 Å². The highest BCUT2D eigenvalue weighted by molar-refractivity contribution is 6.05. The fourth-order valence-electron chi connectivity index (χ4n) is 7.62. The fourth-order valence-corrected chi connectivity index (χ4v) is 7.62. The normalized spacial score (nSPS) is 11.7. The number of esters is 1. The quantitative estimate of drug-likeness (QED) is 0.0856. The molecule has 0 atom stereocenters. The molecule has 3 aromatic carbocycles. The highest BCUT2D eigenvalue weighted by Crippen LogP contribution is 2.40. The largest absolute Gasteiger partial charge is 0.505 e. The van der Waals surface area contributed by atoms with Crippen LogP contribution in [-0.4, -0.2) is 73.3 Å². The van der Waals surface area contributed by atoms with Crippen molar-refractivity contribution in [2.24, 2.45) is 0 Å². The van der Waals surface area contributed by atoms with Crippen LogP contribution in [0.1, 0.15) is 77.2 Å². The van der Waals surface area contributed by atoms with Crippen molar-refractivity contribution in [2.75, 3.05) is 20.2 Å². The number of carbonyl (C=O) groups excluding carboxylic acids is 3. The van der Waals surface area contributed by atoms with Gasteiger partial charge in [0.25, 0.3) is 22.9 Å². The number of hydrogen-bond donors (Lipinski definition) is 4. The monoisotopic (exact) mass is 986 g/mol. The van der Waals surface area contributed by atoms with Gasteiger partial charge >= 0.3 is 11.9 Å². The zero-order chi connectivity index (χ0) is 49.8. The van der Waals surface area contributed by atoms with Gasteiger partial charge in [-0.1, -0.05) is 69.5 Å². The number of pyridine rings is 4. The minimum absolute atomic E-state index is 0. The second-order valence-corrected chi connectivity index (χ2v) is 15.4. The zero-order valence-electron chi connectivity index (χ0n) is 37.4. The summed E-state index contributed by atoms with van der Waals surface area (Å²) in [6.45, 7) is 3.68. The molecule has 2 aliphatic rings. The second-order valence-electron chi connectivity index (χ2n) is 15.4. The molecular formula is C52H48F2N6O12. The molecule has 0 saturated heterocycles. The molecule has 2 aliphatic heterocycles. The van der Waals surface area contributed by atoms with Gasteiger partial charge in [-0.05, 0) is 54.8 Å². The molecular weight excluding hydrogens is 939 g/mol. The molecule has 2 amide bonds. The molecule has 0 aliphatic carbocycles. The summed E-state index contributed by atoms with van der Waals surface area (Å²) in [5.74, 6) is -5.66. The van der Waals surface area contributed by atoms with Crippen molar-refractivity contribution < 1.29 is 57.1 Å². The number of nitrogens with one attached hydrogen (secondary N) is 2. The molecule has 0 radical (unpaired) electrons. The molecule has 0 spiro atoms. The number of aromatic nitrogens is 4. The molecule has 18 nitrogen and oxygen atoms in total. The first-order valence-electron chi connectivity index (χ1n) is 21.5. The van der Waals surface area contributed by atoms with E-state index in [2.05, 4.69) is 20.6 Å². The van der Waals surface area contributed by atoms with Gasteiger partial charge in [0.1, 0.15) is 45.9 Å². The van der Waals surface area contributed by atoms with E-state index in [0.717, 1.165) is 32.7 Å². The Bertz CT molecular complexity index is 3450. The van der Waals surface area contributed by atoms with Gasteiger partial charge in [-0.15, -0.1) is 0 Å². The summed E-state index contributed by atoms with van der Waals surface area (Å²) >= 11 is 0. The third-order valence-electron chi connectivity index (χ3n) is 10.9. The Labute approximate surface area is 409 Å². The number of hydrogen-bond acceptors (Lipinski definition) is 13. The first kappa shape index (κ1) is 52.2. The number of rotatable bonds is 13. The average molecular weight is 987 g/mol. The summed E-state index contributed by atoms with van der Waals surface area (Å²) in [6, 6.07) is 20.7. The first-order chi connectivity index (χ1) is 33.7. The van der Waals surface area contributed by atoms with E-state index in [4.69, 9.17) is 18.9 Å². The van der Waals surface area contributed by atoms with Crippen molar-refractivity contribution >= 4 is 58.2 Å². The SMILES string of the molecule is C.C.CCNC(=O)C1=Cn2c(=O)c(C(=O)NC)c(O)c3ncc(Cc4ccc(F)cc4)c(c32)O1.CCOC(=O)c1c(OCc2ccccc2)c2ncc(Cc3ccc(F)cc3)c3c2n(c1=O)C=C(C(=O)O)O3. The van der Waals surface area contributed by atoms with E-state index in [1.165, 1.54) is 43.7 Å². The maximum Gasteiger partial charge on any atom is 0.373 e. The van der Waals surface area contributed by atoms with Crippen LogP contribution in [0, 0.1) is 11.6 Å². The molecule has 6 heterocycles. The third-order valence-corrected chi connectivity index (χ3v) is 10.9. The van der Waals surface area contributed by atoms with Crippen LogP contribution in [0.5, 0.6) is 23.0 Å². The van der Waals surface area contributed by atoms with Crippen molar-refractivity contribution in [3.63, 3.8) is 0 Å². The Kier molecular flexibility index (Phi) is 16.0. The lowest BCUT2D eigenvalue weighted by atomic mass is 10.0. The van der Waals surface area contributed by atoms with Crippen LogP contribution in [0.25, 0.3) is 34.5 Å². The smallest absolute Gasteiger partial charge is 0.373 e. The molecule has 72 heavy (non-hydrogen) atoms. The van der Waals surface area contributed by atoms with Crippen LogP contribution in [0.2, 0.25) is 0 Å². The molecule has 372 valence electrons. The van der Waals surface area contributed by atoms with E-state index in [1.807, 2.05) is 30.3 Å². The number of benzene rings is 3. The van der Waals surface area contributed by atoms with E-state index in [-0.39, 0.29) is 91.8 Å². The molecule has 9 rings (SSSR count). The summed E-state index contributed by atoms with van der Waals surface area (Å²) in [5.41, 5.74) is 0.909. The Hall–Kier alpha value is -9.20. The van der Waals surface area contributed by atoms with Gasteiger partial charge in [-0.3, -0.25) is 38.3 Å². The molecule has 4 aromatic heterocycles. The second kappa shape index (κ2) is 22.0. The van der Waals surface area contributed by atoms with Gasteiger partial charge in [0.15, 0.2) is 28.6 Å². The molecule has 4 N–H and O–H groups in total. The van der Waals surface area contributed by atoms with E-state index in [9.17, 15) is 47.8 Å². The Morgan fingerprint density at radius 1 is 0.694 bits per heavy atom. The maximum absolute atomic E-state index is 13.6. The lowest BCUT2D eigenvalue weighted by molar-refractivity contribution is -0.135. The predicted molar refractivity (Wildman–Crippen MR) is 262 cm³/mol. The number of nitrogens with zero attached hydrogens (tertiary/aromatic N) is 4. The van der Waals surface area contributed by atoms with Crippen molar-refractivity contribution in [1.82, 2.24) is 29.7 Å². The average Bonchev–Trinajstić information content (AvgIpc) is 3.36. The first-order valence-corrected chi connectivity index (χ1v) is 21.5. The van der Waals surface area contributed by atoms with Crippen LogP contribution in [0.4, 0.5) is 8.78 Å². The topological polar surface area (TPSA) is 239 Å². The molecule has 20 heteroatoms. The minimum atomic E-state index is -1.41. The Morgan fingerprint density at radius 2 is 1.21 bits per heavy atom. The van der Waals surface area contributed by atoms with Gasteiger partial charge in [-0.25, -0.2) is 18.4 Å². The number of carboxylic acids is 1. The van der Waals surface area contributed by atoms with Crippen molar-refractivity contribution in [3.8, 4) is 23.0 Å². The van der Waals surface area contributed by atoms with E-state index in [0.29, 0.717) is 23.2 Å². The number of aromatic hydroxyl groups is 1. The van der Waals surface area contributed by atoms with Gasteiger partial charge in [0.2, 0.25) is 11.5 Å². The summed E-state index contributed by atoms with van der Waals surface area (Å²) in [5, 5.41) is 25.2. The molecule has 0 unspecified atom stereocenters. The van der Waals surface area contributed by atoms with Crippen LogP contribution in [0.3, 0.4) is 0 Å². The lowest BCUT2D eigenvalue weighted by Gasteiger charge is -2.23. The third kappa shape index (κ3) is 10.2. The van der Waals surface area contributed by atoms with E-state index in [1.54, 1.807) is 38.1 Å². The minimum Gasteiger partial charge on any atom is -0.505 e. The highest BCUT2D eigenvalue weighted by Gasteiger charge is 2.33. The molecule has 0 bridgehead atoms. The van der Waals surface area contributed by atoms with Crippen LogP contribution < -0.4 is 36.0 Å². The number of carboxylic acid groups (broad SMARTS) is 1.